The smallest absolute Gasteiger partial charge is 0.119 e. The summed E-state index contributed by atoms with van der Waals surface area (Å²) in [4.78, 5) is 0. The van der Waals surface area contributed by atoms with Gasteiger partial charge in [-0.1, -0.05) is 19.1 Å². The van der Waals surface area contributed by atoms with Crippen LogP contribution in [0.25, 0.3) is 0 Å². The van der Waals surface area contributed by atoms with Crippen molar-refractivity contribution < 1.29 is 9.29 Å². The largest absolute Gasteiger partial charge is 0.497 e. The van der Waals surface area contributed by atoms with Crippen molar-refractivity contribution in [2.75, 3.05) is 7.11 Å². The molecule has 0 bridgehead atoms. The van der Waals surface area contributed by atoms with Crippen LogP contribution in [-0.2, 0) is 6.42 Å². The maximum absolute atomic E-state index is 8.81. The van der Waals surface area contributed by atoms with Gasteiger partial charge in [0, 0.05) is 5.25 Å². The summed E-state index contributed by atoms with van der Waals surface area (Å²) in [5.74, 6) is 0.868. The summed E-state index contributed by atoms with van der Waals surface area (Å²) < 4.78 is 13.9. The van der Waals surface area contributed by atoms with Crippen LogP contribution in [-0.4, -0.2) is 16.9 Å². The standard InChI is InChI=1S/C10H14O2S/c1-8(13-11)6-9-4-3-5-10(7-9)12-2/h3-5,7-8,11H,6H2,1-2H3. The van der Waals surface area contributed by atoms with Gasteiger partial charge >= 0.3 is 0 Å². The Morgan fingerprint density at radius 2 is 2.31 bits per heavy atom. The Morgan fingerprint density at radius 3 is 2.92 bits per heavy atom. The topological polar surface area (TPSA) is 29.5 Å². The molecule has 0 aliphatic rings. The third-order valence-electron chi connectivity index (χ3n) is 1.84. The lowest BCUT2D eigenvalue weighted by molar-refractivity contribution is 0.414. The zero-order valence-electron chi connectivity index (χ0n) is 7.86. The maximum atomic E-state index is 8.81. The second-order valence-corrected chi connectivity index (χ2v) is 3.99. The lowest BCUT2D eigenvalue weighted by atomic mass is 10.1. The predicted molar refractivity (Wildman–Crippen MR) is 56.4 cm³/mol. The molecule has 0 saturated heterocycles. The SMILES string of the molecule is COc1cccc(CC(C)SO)c1. The fourth-order valence-electron chi connectivity index (χ4n) is 1.17. The molecular weight excluding hydrogens is 184 g/mol. The molecule has 0 aliphatic heterocycles. The molecule has 1 aromatic rings. The number of benzene rings is 1. The van der Waals surface area contributed by atoms with Crippen molar-refractivity contribution in [3.63, 3.8) is 0 Å². The quantitative estimate of drug-likeness (QED) is 0.754. The van der Waals surface area contributed by atoms with E-state index in [9.17, 15) is 0 Å². The van der Waals surface area contributed by atoms with E-state index in [0.29, 0.717) is 0 Å². The first-order chi connectivity index (χ1) is 6.26. The zero-order chi connectivity index (χ0) is 9.68. The number of ether oxygens (including phenoxy) is 1. The second-order valence-electron chi connectivity index (χ2n) is 2.97. The number of rotatable bonds is 4. The summed E-state index contributed by atoms with van der Waals surface area (Å²) in [5.41, 5.74) is 1.19. The molecule has 13 heavy (non-hydrogen) atoms. The van der Waals surface area contributed by atoms with Gasteiger partial charge in [0.25, 0.3) is 0 Å². The first kappa shape index (κ1) is 10.4. The molecule has 0 aliphatic carbocycles. The van der Waals surface area contributed by atoms with Crippen molar-refractivity contribution in [3.8, 4) is 5.75 Å². The molecule has 0 aromatic heterocycles. The van der Waals surface area contributed by atoms with Crippen LogP contribution < -0.4 is 4.74 Å². The van der Waals surface area contributed by atoms with Crippen molar-refractivity contribution in [2.24, 2.45) is 0 Å². The third kappa shape index (κ3) is 3.28. The summed E-state index contributed by atoms with van der Waals surface area (Å²) in [7, 11) is 1.66. The van der Waals surface area contributed by atoms with Gasteiger partial charge in [-0.25, -0.2) is 0 Å². The van der Waals surface area contributed by atoms with Gasteiger partial charge in [-0.15, -0.1) is 0 Å². The molecule has 0 radical (unpaired) electrons. The highest BCUT2D eigenvalue weighted by Gasteiger charge is 2.03. The fourth-order valence-corrected chi connectivity index (χ4v) is 1.44. The zero-order valence-corrected chi connectivity index (χ0v) is 8.67. The molecule has 1 unspecified atom stereocenters. The van der Waals surface area contributed by atoms with Gasteiger partial charge in [-0.2, -0.15) is 0 Å². The summed E-state index contributed by atoms with van der Waals surface area (Å²) in [5, 5.41) is 0.229. The lowest BCUT2D eigenvalue weighted by Gasteiger charge is -2.07. The Balaban J connectivity index is 2.66. The van der Waals surface area contributed by atoms with Crippen molar-refractivity contribution in [3.05, 3.63) is 29.8 Å². The molecule has 1 rings (SSSR count). The van der Waals surface area contributed by atoms with Crippen LogP contribution >= 0.6 is 12.0 Å². The normalized spacial score (nSPS) is 12.5. The summed E-state index contributed by atoms with van der Waals surface area (Å²) in [6, 6.07) is 7.91. The van der Waals surface area contributed by atoms with E-state index in [-0.39, 0.29) is 5.25 Å². The Bertz CT molecular complexity index is 263. The molecule has 2 nitrogen and oxygen atoms in total. The molecule has 3 heteroatoms. The Morgan fingerprint density at radius 1 is 1.54 bits per heavy atom. The average Bonchev–Trinajstić information content (AvgIpc) is 2.18. The van der Waals surface area contributed by atoms with E-state index in [1.54, 1.807) is 7.11 Å². The number of hydrogen-bond donors (Lipinski definition) is 1. The van der Waals surface area contributed by atoms with E-state index in [2.05, 4.69) is 0 Å². The summed E-state index contributed by atoms with van der Waals surface area (Å²) >= 11 is 0.892. The van der Waals surface area contributed by atoms with E-state index < -0.39 is 0 Å². The highest BCUT2D eigenvalue weighted by molar-refractivity contribution is 7.94. The maximum Gasteiger partial charge on any atom is 0.119 e. The molecule has 1 atom stereocenters. The molecule has 0 spiro atoms. The molecule has 0 heterocycles. The van der Waals surface area contributed by atoms with E-state index in [1.807, 2.05) is 31.2 Å². The molecule has 0 saturated carbocycles. The first-order valence-electron chi connectivity index (χ1n) is 4.19. The van der Waals surface area contributed by atoms with Crippen LogP contribution in [0, 0.1) is 0 Å². The Hall–Kier alpha value is -0.670. The van der Waals surface area contributed by atoms with Gasteiger partial charge in [0.05, 0.1) is 7.11 Å². The minimum Gasteiger partial charge on any atom is -0.497 e. The van der Waals surface area contributed by atoms with Gasteiger partial charge in [-0.3, -0.25) is 0 Å². The highest BCUT2D eigenvalue weighted by Crippen LogP contribution is 2.17. The average molecular weight is 198 g/mol. The van der Waals surface area contributed by atoms with Gasteiger partial charge in [0.1, 0.15) is 5.75 Å². The lowest BCUT2D eigenvalue weighted by Crippen LogP contribution is -2.00. The molecular formula is C10H14O2S. The van der Waals surface area contributed by atoms with Crippen LogP contribution in [0.2, 0.25) is 0 Å². The van der Waals surface area contributed by atoms with E-state index >= 15 is 0 Å². The predicted octanol–water partition coefficient (Wildman–Crippen LogP) is 2.83. The minimum absolute atomic E-state index is 0.229. The van der Waals surface area contributed by atoms with Crippen molar-refractivity contribution in [2.45, 2.75) is 18.6 Å². The van der Waals surface area contributed by atoms with Gasteiger partial charge in [0.15, 0.2) is 0 Å². The highest BCUT2D eigenvalue weighted by atomic mass is 32.2. The van der Waals surface area contributed by atoms with Gasteiger partial charge in [-0.05, 0) is 36.2 Å². The van der Waals surface area contributed by atoms with Crippen molar-refractivity contribution in [1.82, 2.24) is 0 Å². The fraction of sp³-hybridized carbons (Fsp3) is 0.400. The van der Waals surface area contributed by atoms with Crippen LogP contribution in [0.5, 0.6) is 5.75 Å². The van der Waals surface area contributed by atoms with Crippen molar-refractivity contribution >= 4 is 12.0 Å². The minimum atomic E-state index is 0.229. The van der Waals surface area contributed by atoms with E-state index in [4.69, 9.17) is 9.29 Å². The molecule has 1 N–H and O–H groups in total. The van der Waals surface area contributed by atoms with Crippen LogP contribution in [0.4, 0.5) is 0 Å². The van der Waals surface area contributed by atoms with Crippen molar-refractivity contribution in [1.29, 1.82) is 0 Å². The van der Waals surface area contributed by atoms with Gasteiger partial charge in [0.2, 0.25) is 0 Å². The summed E-state index contributed by atoms with van der Waals surface area (Å²) in [6.45, 7) is 1.99. The summed E-state index contributed by atoms with van der Waals surface area (Å²) in [6.07, 6.45) is 0.859. The number of hydrogen-bond acceptors (Lipinski definition) is 3. The molecule has 72 valence electrons. The monoisotopic (exact) mass is 198 g/mol. The molecule has 1 aromatic carbocycles. The second kappa shape index (κ2) is 5.14. The van der Waals surface area contributed by atoms with E-state index in [0.717, 1.165) is 24.2 Å². The molecule has 0 amide bonds. The third-order valence-corrected chi connectivity index (χ3v) is 2.36. The Labute approximate surface area is 83.1 Å². The first-order valence-corrected chi connectivity index (χ1v) is 5.03. The van der Waals surface area contributed by atoms with Crippen LogP contribution in [0.3, 0.4) is 0 Å². The Kier molecular flexibility index (Phi) is 4.12. The number of methoxy groups -OCH3 is 1. The van der Waals surface area contributed by atoms with Crippen LogP contribution in [0.1, 0.15) is 12.5 Å². The molecule has 0 fully saturated rings. The van der Waals surface area contributed by atoms with Gasteiger partial charge < -0.3 is 9.29 Å². The van der Waals surface area contributed by atoms with E-state index in [1.165, 1.54) is 5.56 Å². The van der Waals surface area contributed by atoms with Crippen LogP contribution in [0.15, 0.2) is 24.3 Å².